The van der Waals surface area contributed by atoms with Crippen molar-refractivity contribution in [2.75, 3.05) is 46.4 Å². The summed E-state index contributed by atoms with van der Waals surface area (Å²) in [7, 11) is 1.63. The van der Waals surface area contributed by atoms with Gasteiger partial charge in [-0.2, -0.15) is 0 Å². The molecule has 180 valence electrons. The molecule has 7 heteroatoms. The predicted molar refractivity (Wildman–Crippen MR) is 132 cm³/mol. The van der Waals surface area contributed by atoms with Gasteiger partial charge in [0.1, 0.15) is 17.8 Å². The molecule has 0 spiro atoms. The number of nitrogens with zero attached hydrogens (tertiary/aromatic N) is 2. The maximum Gasteiger partial charge on any atom is 0.251 e. The smallest absolute Gasteiger partial charge is 0.251 e. The van der Waals surface area contributed by atoms with E-state index in [1.165, 1.54) is 0 Å². The maximum atomic E-state index is 12.7. The summed E-state index contributed by atoms with van der Waals surface area (Å²) in [6, 6.07) is 15.0. The minimum atomic E-state index is -0.0245. The maximum absolute atomic E-state index is 12.7. The molecule has 2 N–H and O–H groups in total. The molecule has 0 saturated carbocycles. The number of phenolic OH excluding ortho intramolecular Hbond substituents is 1. The number of phenols is 1. The van der Waals surface area contributed by atoms with Crippen LogP contribution in [0.5, 0.6) is 5.75 Å². The fourth-order valence-electron chi connectivity index (χ4n) is 4.49. The fourth-order valence-corrected chi connectivity index (χ4v) is 4.49. The lowest BCUT2D eigenvalue weighted by atomic mass is 9.86. The van der Waals surface area contributed by atoms with E-state index in [1.54, 1.807) is 25.5 Å². The zero-order valence-corrected chi connectivity index (χ0v) is 19.7. The Morgan fingerprint density at radius 2 is 1.97 bits per heavy atom. The van der Waals surface area contributed by atoms with Crippen LogP contribution in [0, 0.1) is 0 Å². The summed E-state index contributed by atoms with van der Waals surface area (Å²) >= 11 is 0. The van der Waals surface area contributed by atoms with E-state index in [2.05, 4.69) is 21.2 Å². The van der Waals surface area contributed by atoms with Crippen molar-refractivity contribution in [1.82, 2.24) is 15.1 Å². The molecule has 0 atom stereocenters. The van der Waals surface area contributed by atoms with Crippen molar-refractivity contribution in [3.8, 4) is 5.75 Å². The lowest BCUT2D eigenvalue weighted by molar-refractivity contribution is 0.0934. The molecule has 0 radical (unpaired) electrons. The van der Waals surface area contributed by atoms with E-state index in [-0.39, 0.29) is 11.7 Å². The Morgan fingerprint density at radius 3 is 2.76 bits per heavy atom. The first kappa shape index (κ1) is 23.9. The molecule has 2 aromatic carbocycles. The largest absolute Gasteiger partial charge is 0.508 e. The van der Waals surface area contributed by atoms with Gasteiger partial charge in [0.15, 0.2) is 0 Å². The second kappa shape index (κ2) is 11.7. The third kappa shape index (κ3) is 6.18. The number of hydrogen-bond acceptors (Lipinski definition) is 6. The molecule has 2 aliphatic heterocycles. The van der Waals surface area contributed by atoms with Crippen LogP contribution in [-0.2, 0) is 9.47 Å². The Morgan fingerprint density at radius 1 is 1.15 bits per heavy atom. The number of amides is 1. The number of likely N-dealkylation sites (tertiary alicyclic amines) is 1. The topological polar surface area (TPSA) is 74.3 Å². The third-order valence-electron chi connectivity index (χ3n) is 6.36. The predicted octanol–water partition coefficient (Wildman–Crippen LogP) is 3.75. The monoisotopic (exact) mass is 463 g/mol. The Labute approximate surface area is 201 Å². The number of piperidine rings is 1. The molecule has 0 aromatic heterocycles. The Balaban J connectivity index is 1.29. The van der Waals surface area contributed by atoms with Crippen molar-refractivity contribution in [2.45, 2.75) is 18.8 Å². The molecular formula is C27H33N3O4. The van der Waals surface area contributed by atoms with Gasteiger partial charge in [0.25, 0.3) is 5.91 Å². The van der Waals surface area contributed by atoms with Crippen LogP contribution < -0.4 is 5.32 Å². The first-order chi connectivity index (χ1) is 16.6. The SMILES string of the molecule is COCCNC(=O)c1ccccc1C1CCN(CCN2C=COC(c3cccc(O)c3)=C2)CC1. The van der Waals surface area contributed by atoms with Crippen molar-refractivity contribution in [1.29, 1.82) is 0 Å². The fraction of sp³-hybridized carbons (Fsp3) is 0.370. The van der Waals surface area contributed by atoms with E-state index in [4.69, 9.17) is 9.47 Å². The minimum absolute atomic E-state index is 0.0245. The molecular weight excluding hydrogens is 430 g/mol. The van der Waals surface area contributed by atoms with Gasteiger partial charge in [-0.25, -0.2) is 0 Å². The lowest BCUT2D eigenvalue weighted by Gasteiger charge is -2.34. The molecule has 2 heterocycles. The average Bonchev–Trinajstić information content (AvgIpc) is 2.88. The van der Waals surface area contributed by atoms with Crippen LogP contribution in [0.2, 0.25) is 0 Å². The Hall–Kier alpha value is -3.29. The minimum Gasteiger partial charge on any atom is -0.508 e. The van der Waals surface area contributed by atoms with E-state index in [0.717, 1.165) is 61.5 Å². The van der Waals surface area contributed by atoms with Crippen molar-refractivity contribution >= 4 is 11.7 Å². The van der Waals surface area contributed by atoms with Crippen LogP contribution in [-0.4, -0.2) is 67.3 Å². The van der Waals surface area contributed by atoms with Gasteiger partial charge in [0, 0.05) is 50.3 Å². The molecule has 1 fully saturated rings. The summed E-state index contributed by atoms with van der Waals surface area (Å²) in [6.45, 7) is 4.82. The molecule has 2 aliphatic rings. The summed E-state index contributed by atoms with van der Waals surface area (Å²) in [5.74, 6) is 1.31. The van der Waals surface area contributed by atoms with Crippen LogP contribution in [0.1, 0.15) is 40.2 Å². The van der Waals surface area contributed by atoms with Crippen molar-refractivity contribution < 1.29 is 19.4 Å². The van der Waals surface area contributed by atoms with Crippen molar-refractivity contribution in [2.24, 2.45) is 0 Å². The number of hydrogen-bond donors (Lipinski definition) is 2. The van der Waals surface area contributed by atoms with Gasteiger partial charge in [0.2, 0.25) is 0 Å². The van der Waals surface area contributed by atoms with E-state index >= 15 is 0 Å². The highest BCUT2D eigenvalue weighted by molar-refractivity contribution is 5.95. The molecule has 7 nitrogen and oxygen atoms in total. The number of aromatic hydroxyl groups is 1. The normalized spacial score (nSPS) is 16.7. The summed E-state index contributed by atoms with van der Waals surface area (Å²) in [6.07, 6.45) is 7.65. The summed E-state index contributed by atoms with van der Waals surface area (Å²) in [4.78, 5) is 17.2. The summed E-state index contributed by atoms with van der Waals surface area (Å²) < 4.78 is 10.7. The molecule has 1 amide bonds. The zero-order valence-electron chi connectivity index (χ0n) is 19.7. The summed E-state index contributed by atoms with van der Waals surface area (Å²) in [5.41, 5.74) is 2.77. The first-order valence-corrected chi connectivity index (χ1v) is 11.8. The molecule has 4 rings (SSSR count). The number of nitrogens with one attached hydrogen (secondary N) is 1. The average molecular weight is 464 g/mol. The van der Waals surface area contributed by atoms with Crippen LogP contribution in [0.4, 0.5) is 0 Å². The quantitative estimate of drug-likeness (QED) is 0.552. The highest BCUT2D eigenvalue weighted by Crippen LogP contribution is 2.30. The Bertz CT molecular complexity index is 1030. The lowest BCUT2D eigenvalue weighted by Crippen LogP contribution is -2.38. The molecule has 0 unspecified atom stereocenters. The van der Waals surface area contributed by atoms with Gasteiger partial charge < -0.3 is 29.7 Å². The number of carbonyl (C=O) groups excluding carboxylic acids is 1. The molecule has 0 aliphatic carbocycles. The zero-order chi connectivity index (χ0) is 23.8. The number of rotatable bonds is 9. The van der Waals surface area contributed by atoms with Gasteiger partial charge in [0.05, 0.1) is 6.61 Å². The second-order valence-electron chi connectivity index (χ2n) is 8.64. The first-order valence-electron chi connectivity index (χ1n) is 11.8. The highest BCUT2D eigenvalue weighted by Gasteiger charge is 2.24. The van der Waals surface area contributed by atoms with Gasteiger partial charge in [-0.1, -0.05) is 30.3 Å². The molecule has 34 heavy (non-hydrogen) atoms. The van der Waals surface area contributed by atoms with Gasteiger partial charge in [-0.05, 0) is 55.6 Å². The van der Waals surface area contributed by atoms with Crippen molar-refractivity contribution in [3.63, 3.8) is 0 Å². The van der Waals surface area contributed by atoms with E-state index in [9.17, 15) is 9.90 Å². The van der Waals surface area contributed by atoms with E-state index in [1.807, 2.05) is 42.7 Å². The highest BCUT2D eigenvalue weighted by atomic mass is 16.5. The van der Waals surface area contributed by atoms with E-state index < -0.39 is 0 Å². The van der Waals surface area contributed by atoms with Gasteiger partial charge >= 0.3 is 0 Å². The second-order valence-corrected chi connectivity index (χ2v) is 8.64. The van der Waals surface area contributed by atoms with Crippen LogP contribution in [0.15, 0.2) is 67.2 Å². The number of ether oxygens (including phenoxy) is 2. The third-order valence-corrected chi connectivity index (χ3v) is 6.36. The Kier molecular flexibility index (Phi) is 8.22. The number of methoxy groups -OCH3 is 1. The molecule has 2 aromatic rings. The van der Waals surface area contributed by atoms with Crippen LogP contribution in [0.25, 0.3) is 5.76 Å². The van der Waals surface area contributed by atoms with E-state index in [0.29, 0.717) is 19.1 Å². The van der Waals surface area contributed by atoms with Crippen LogP contribution in [0.3, 0.4) is 0 Å². The van der Waals surface area contributed by atoms with Crippen molar-refractivity contribution in [3.05, 3.63) is 83.9 Å². The molecule has 1 saturated heterocycles. The van der Waals surface area contributed by atoms with Gasteiger partial charge in [-0.15, -0.1) is 0 Å². The van der Waals surface area contributed by atoms with Crippen LogP contribution >= 0.6 is 0 Å². The number of carbonyl (C=O) groups is 1. The number of benzene rings is 2. The molecule has 0 bridgehead atoms. The van der Waals surface area contributed by atoms with Gasteiger partial charge in [-0.3, -0.25) is 4.79 Å². The standard InChI is InChI=1S/C27H33N3O4/c1-33-17-11-28-27(32)25-8-3-2-7-24(25)21-9-12-29(13-10-21)14-15-30-16-18-34-26(20-30)22-5-4-6-23(31)19-22/h2-8,16,18-21,31H,9-15,17H2,1H3,(H,28,32). The summed E-state index contributed by atoms with van der Waals surface area (Å²) in [5, 5.41) is 12.7.